The Morgan fingerprint density at radius 2 is 1.09 bits per heavy atom. The molecule has 0 N–H and O–H groups in total. The van der Waals surface area contributed by atoms with Crippen molar-refractivity contribution in [2.24, 2.45) is 4.99 Å². The van der Waals surface area contributed by atoms with E-state index < -0.39 is 7.14 Å². The molecule has 3 aromatic rings. The summed E-state index contributed by atoms with van der Waals surface area (Å²) in [5.41, 5.74) is 1.91. The van der Waals surface area contributed by atoms with Gasteiger partial charge in [-0.25, -0.2) is 0 Å². The minimum absolute atomic E-state index is 0.0533. The summed E-state index contributed by atoms with van der Waals surface area (Å²) in [4.78, 5) is 4.60. The van der Waals surface area contributed by atoms with Gasteiger partial charge in [0.1, 0.15) is 11.5 Å². The Balaban J connectivity index is 1.80. The number of benzene rings is 3. The molecule has 0 fully saturated rings. The van der Waals surface area contributed by atoms with E-state index in [9.17, 15) is 4.57 Å². The van der Waals surface area contributed by atoms with Gasteiger partial charge in [-0.15, -0.1) is 0 Å². The molecule has 0 saturated carbocycles. The third-order valence-corrected chi connectivity index (χ3v) is 7.17. The van der Waals surface area contributed by atoms with Crippen molar-refractivity contribution in [3.05, 3.63) is 96.6 Å². The quantitative estimate of drug-likeness (QED) is 0.665. The van der Waals surface area contributed by atoms with Crippen LogP contribution in [0.1, 0.15) is 11.6 Å². The molecule has 23 heavy (non-hydrogen) atoms. The molecule has 0 aromatic heterocycles. The maximum absolute atomic E-state index is 14.0. The first-order valence-corrected chi connectivity index (χ1v) is 9.35. The molecule has 2 nitrogen and oxygen atoms in total. The zero-order valence-electron chi connectivity index (χ0n) is 12.5. The normalized spacial score (nSPS) is 16.7. The lowest BCUT2D eigenvalue weighted by Crippen LogP contribution is -2.19. The fraction of sp³-hybridized carbons (Fsp3) is 0.0500. The summed E-state index contributed by atoms with van der Waals surface area (Å²) >= 11 is 0. The van der Waals surface area contributed by atoms with Crippen molar-refractivity contribution in [2.45, 2.75) is 6.04 Å². The third kappa shape index (κ3) is 2.46. The van der Waals surface area contributed by atoms with E-state index in [0.29, 0.717) is 0 Å². The minimum atomic E-state index is -2.86. The zero-order chi connectivity index (χ0) is 15.7. The van der Waals surface area contributed by atoms with E-state index in [2.05, 4.69) is 4.99 Å². The van der Waals surface area contributed by atoms with Crippen LogP contribution in [0.4, 0.5) is 0 Å². The summed E-state index contributed by atoms with van der Waals surface area (Å²) in [6.45, 7) is 0. The maximum Gasteiger partial charge on any atom is 0.186 e. The van der Waals surface area contributed by atoms with Crippen LogP contribution in [0.3, 0.4) is 0 Å². The Kier molecular flexibility index (Phi) is 3.48. The second kappa shape index (κ2) is 5.64. The van der Waals surface area contributed by atoms with Gasteiger partial charge in [0.05, 0.1) is 0 Å². The molecule has 3 aromatic carbocycles. The third-order valence-electron chi connectivity index (χ3n) is 4.12. The first kappa shape index (κ1) is 14.2. The first-order chi connectivity index (χ1) is 11.3. The molecule has 0 spiro atoms. The van der Waals surface area contributed by atoms with Gasteiger partial charge in [0.15, 0.2) is 7.14 Å². The van der Waals surface area contributed by atoms with Crippen molar-refractivity contribution in [1.29, 1.82) is 0 Å². The Morgan fingerprint density at radius 3 is 1.57 bits per heavy atom. The standard InChI is InChI=1S/C20H16NOP/c22-23(17-12-6-2-7-13-17,18-14-8-3-9-15-18)20-19(21-20)16-10-4-1-5-11-16/h1-15,19H. The number of nitrogens with zero attached hydrogens (tertiary/aromatic N) is 1. The molecule has 4 rings (SSSR count). The Hall–Kier alpha value is -2.44. The van der Waals surface area contributed by atoms with Crippen LogP contribution in [-0.4, -0.2) is 5.45 Å². The van der Waals surface area contributed by atoms with Crippen molar-refractivity contribution in [3.8, 4) is 0 Å². The number of aliphatic imine (C=N–C) groups is 1. The predicted molar refractivity (Wildman–Crippen MR) is 96.4 cm³/mol. The summed E-state index contributed by atoms with van der Waals surface area (Å²) in [6, 6.07) is 29.4. The fourth-order valence-electron chi connectivity index (χ4n) is 2.90. The Bertz CT molecular complexity index is 845. The highest BCUT2D eigenvalue weighted by Gasteiger charge is 2.45. The van der Waals surface area contributed by atoms with E-state index in [-0.39, 0.29) is 6.04 Å². The van der Waals surface area contributed by atoms with Gasteiger partial charge in [-0.2, -0.15) is 0 Å². The number of rotatable bonds is 4. The average Bonchev–Trinajstić information content (AvgIpc) is 3.45. The second-order valence-electron chi connectivity index (χ2n) is 5.58. The van der Waals surface area contributed by atoms with Crippen molar-refractivity contribution in [1.82, 2.24) is 0 Å². The Labute approximate surface area is 135 Å². The van der Waals surface area contributed by atoms with E-state index in [4.69, 9.17) is 0 Å². The SMILES string of the molecule is O=P(C1=NC1c1ccccc1)(c1ccccc1)c1ccccc1. The summed E-state index contributed by atoms with van der Waals surface area (Å²) in [6.07, 6.45) is 0. The maximum atomic E-state index is 14.0. The lowest BCUT2D eigenvalue weighted by Gasteiger charge is -2.16. The van der Waals surface area contributed by atoms with Crippen molar-refractivity contribution < 1.29 is 4.57 Å². The van der Waals surface area contributed by atoms with Gasteiger partial charge < -0.3 is 4.57 Å². The van der Waals surface area contributed by atoms with Crippen LogP contribution in [0.2, 0.25) is 0 Å². The van der Waals surface area contributed by atoms with Crippen LogP contribution in [0, 0.1) is 0 Å². The van der Waals surface area contributed by atoms with Gasteiger partial charge >= 0.3 is 0 Å². The lowest BCUT2D eigenvalue weighted by molar-refractivity contribution is 0.594. The molecule has 0 saturated heterocycles. The molecular weight excluding hydrogens is 301 g/mol. The molecule has 1 atom stereocenters. The molecule has 112 valence electrons. The van der Waals surface area contributed by atoms with E-state index >= 15 is 0 Å². The first-order valence-electron chi connectivity index (χ1n) is 7.64. The van der Waals surface area contributed by atoms with Crippen molar-refractivity contribution in [3.63, 3.8) is 0 Å². The fourth-order valence-corrected chi connectivity index (χ4v) is 5.68. The summed E-state index contributed by atoms with van der Waals surface area (Å²) in [5, 5.41) is 1.70. The van der Waals surface area contributed by atoms with Crippen molar-refractivity contribution >= 4 is 23.2 Å². The van der Waals surface area contributed by atoms with Crippen LogP contribution >= 0.6 is 7.14 Å². The second-order valence-corrected chi connectivity index (χ2v) is 8.29. The molecule has 0 radical (unpaired) electrons. The highest BCUT2D eigenvalue weighted by Crippen LogP contribution is 2.56. The molecule has 0 aliphatic carbocycles. The van der Waals surface area contributed by atoms with E-state index in [1.807, 2.05) is 91.0 Å². The van der Waals surface area contributed by atoms with Crippen LogP contribution < -0.4 is 10.6 Å². The van der Waals surface area contributed by atoms with Gasteiger partial charge in [-0.3, -0.25) is 4.99 Å². The number of hydrogen-bond acceptors (Lipinski definition) is 2. The van der Waals surface area contributed by atoms with Gasteiger partial charge in [-0.05, 0) is 5.56 Å². The van der Waals surface area contributed by atoms with Gasteiger partial charge in [0.25, 0.3) is 0 Å². The van der Waals surface area contributed by atoms with E-state index in [0.717, 1.165) is 21.6 Å². The van der Waals surface area contributed by atoms with E-state index in [1.165, 1.54) is 0 Å². The summed E-state index contributed by atoms with van der Waals surface area (Å²) in [5.74, 6) is 0. The molecule has 0 amide bonds. The Morgan fingerprint density at radius 1 is 0.652 bits per heavy atom. The highest BCUT2D eigenvalue weighted by atomic mass is 31.2. The molecule has 1 unspecified atom stereocenters. The minimum Gasteiger partial charge on any atom is -0.307 e. The van der Waals surface area contributed by atoms with Crippen LogP contribution in [0.5, 0.6) is 0 Å². The van der Waals surface area contributed by atoms with Gasteiger partial charge in [0.2, 0.25) is 0 Å². The van der Waals surface area contributed by atoms with E-state index in [1.54, 1.807) is 0 Å². The monoisotopic (exact) mass is 317 g/mol. The van der Waals surface area contributed by atoms with Gasteiger partial charge in [-0.1, -0.05) is 91.0 Å². The molecule has 3 heteroatoms. The molecule has 1 heterocycles. The van der Waals surface area contributed by atoms with Crippen LogP contribution in [0.25, 0.3) is 0 Å². The van der Waals surface area contributed by atoms with Gasteiger partial charge in [0, 0.05) is 10.6 Å². The molecule has 0 bridgehead atoms. The average molecular weight is 317 g/mol. The number of hydrogen-bond donors (Lipinski definition) is 0. The molecule has 1 aliphatic rings. The van der Waals surface area contributed by atoms with Crippen LogP contribution in [0.15, 0.2) is 96.0 Å². The smallest absolute Gasteiger partial charge is 0.186 e. The zero-order valence-corrected chi connectivity index (χ0v) is 13.4. The largest absolute Gasteiger partial charge is 0.307 e. The summed E-state index contributed by atoms with van der Waals surface area (Å²) in [7, 11) is -2.86. The molecular formula is C20H16NOP. The molecule has 1 aliphatic heterocycles. The topological polar surface area (TPSA) is 29.4 Å². The lowest BCUT2D eigenvalue weighted by atomic mass is 10.1. The van der Waals surface area contributed by atoms with Crippen LogP contribution in [-0.2, 0) is 4.57 Å². The summed E-state index contributed by atoms with van der Waals surface area (Å²) < 4.78 is 14.0. The van der Waals surface area contributed by atoms with Crippen molar-refractivity contribution in [2.75, 3.05) is 0 Å². The highest BCUT2D eigenvalue weighted by molar-refractivity contribution is 7.94. The predicted octanol–water partition coefficient (Wildman–Crippen LogP) is 4.15.